The van der Waals surface area contributed by atoms with E-state index in [1.54, 1.807) is 18.2 Å². The van der Waals surface area contributed by atoms with E-state index in [1.165, 1.54) is 18.2 Å². The third-order valence-corrected chi connectivity index (χ3v) is 3.67. The van der Waals surface area contributed by atoms with Gasteiger partial charge in [0.2, 0.25) is 0 Å². The van der Waals surface area contributed by atoms with Gasteiger partial charge in [0, 0.05) is 22.2 Å². The highest BCUT2D eigenvalue weighted by atomic mass is 35.5. The maximum Gasteiger partial charge on any atom is 0.194 e. The predicted octanol–water partition coefficient (Wildman–Crippen LogP) is 4.57. The molecule has 2 nitrogen and oxygen atoms in total. The highest BCUT2D eigenvalue weighted by Crippen LogP contribution is 2.24. The normalized spacial score (nSPS) is 10.8. The minimum atomic E-state index is -0.597. The number of halogens is 2. The zero-order chi connectivity index (χ0) is 15.0. The lowest BCUT2D eigenvalue weighted by Gasteiger charge is -2.06. The summed E-state index contributed by atoms with van der Waals surface area (Å²) in [6, 6.07) is 13.2. The molecule has 0 spiro atoms. The number of aromatic nitrogens is 1. The molecule has 0 bridgehead atoms. The van der Waals surface area contributed by atoms with Gasteiger partial charge in [0.25, 0.3) is 0 Å². The Morgan fingerprint density at radius 3 is 2.76 bits per heavy atom. The standard InChI is InChI=1S/C17H11ClFNO/c1-10-5-6-11-9-12(7-8-15(11)20-10)17(21)13-3-2-4-14(19)16(13)18/h2-9H,1H3. The van der Waals surface area contributed by atoms with Crippen LogP contribution in [0, 0.1) is 12.7 Å². The Hall–Kier alpha value is -2.26. The minimum absolute atomic E-state index is 0.148. The van der Waals surface area contributed by atoms with E-state index < -0.39 is 5.82 Å². The molecule has 0 unspecified atom stereocenters. The molecule has 0 saturated heterocycles. The zero-order valence-corrected chi connectivity index (χ0v) is 12.0. The molecule has 3 aromatic rings. The van der Waals surface area contributed by atoms with Crippen LogP contribution in [-0.2, 0) is 0 Å². The Morgan fingerprint density at radius 2 is 1.95 bits per heavy atom. The van der Waals surface area contributed by atoms with Gasteiger partial charge < -0.3 is 0 Å². The number of benzene rings is 2. The van der Waals surface area contributed by atoms with Gasteiger partial charge in [-0.3, -0.25) is 9.78 Å². The van der Waals surface area contributed by atoms with Gasteiger partial charge in [0.15, 0.2) is 5.78 Å². The molecule has 0 saturated carbocycles. The number of carbonyl (C=O) groups is 1. The monoisotopic (exact) mass is 299 g/mol. The topological polar surface area (TPSA) is 30.0 Å². The molecular formula is C17H11ClFNO. The fraction of sp³-hybridized carbons (Fsp3) is 0.0588. The summed E-state index contributed by atoms with van der Waals surface area (Å²) in [4.78, 5) is 16.8. The molecule has 1 aromatic heterocycles. The van der Waals surface area contributed by atoms with E-state index in [4.69, 9.17) is 11.6 Å². The van der Waals surface area contributed by atoms with Gasteiger partial charge in [-0.1, -0.05) is 23.7 Å². The number of rotatable bonds is 2. The third kappa shape index (κ3) is 2.52. The highest BCUT2D eigenvalue weighted by Gasteiger charge is 2.15. The second-order valence-corrected chi connectivity index (χ2v) is 5.17. The second kappa shape index (κ2) is 5.26. The van der Waals surface area contributed by atoms with Crippen molar-refractivity contribution < 1.29 is 9.18 Å². The number of fused-ring (bicyclic) bond motifs is 1. The first-order valence-corrected chi connectivity index (χ1v) is 6.80. The van der Waals surface area contributed by atoms with Crippen LogP contribution in [0.2, 0.25) is 5.02 Å². The van der Waals surface area contributed by atoms with Gasteiger partial charge >= 0.3 is 0 Å². The van der Waals surface area contributed by atoms with Crippen LogP contribution in [0.15, 0.2) is 48.5 Å². The fourth-order valence-corrected chi connectivity index (χ4v) is 2.42. The molecule has 1 heterocycles. The Bertz CT molecular complexity index is 861. The number of aryl methyl sites for hydroxylation is 1. The van der Waals surface area contributed by atoms with Crippen molar-refractivity contribution in [3.63, 3.8) is 0 Å². The van der Waals surface area contributed by atoms with E-state index in [0.717, 1.165) is 16.6 Å². The van der Waals surface area contributed by atoms with Crippen LogP contribution < -0.4 is 0 Å². The Morgan fingerprint density at radius 1 is 1.14 bits per heavy atom. The molecule has 0 aliphatic heterocycles. The van der Waals surface area contributed by atoms with E-state index in [0.29, 0.717) is 5.56 Å². The van der Waals surface area contributed by atoms with E-state index >= 15 is 0 Å². The van der Waals surface area contributed by atoms with E-state index in [1.807, 2.05) is 19.1 Å². The Balaban J connectivity index is 2.09. The molecule has 0 N–H and O–H groups in total. The van der Waals surface area contributed by atoms with Gasteiger partial charge in [0.1, 0.15) is 5.82 Å². The smallest absolute Gasteiger partial charge is 0.194 e. The Kier molecular flexibility index (Phi) is 3.43. The summed E-state index contributed by atoms with van der Waals surface area (Å²) in [6.45, 7) is 1.91. The van der Waals surface area contributed by atoms with Gasteiger partial charge in [0.05, 0.1) is 10.5 Å². The van der Waals surface area contributed by atoms with Crippen LogP contribution in [0.1, 0.15) is 21.6 Å². The first-order chi connectivity index (χ1) is 10.1. The number of carbonyl (C=O) groups excluding carboxylic acids is 1. The molecule has 0 radical (unpaired) electrons. The number of nitrogens with zero attached hydrogens (tertiary/aromatic N) is 1. The van der Waals surface area contributed by atoms with Crippen molar-refractivity contribution in [2.75, 3.05) is 0 Å². The van der Waals surface area contributed by atoms with E-state index in [9.17, 15) is 9.18 Å². The first-order valence-electron chi connectivity index (χ1n) is 6.42. The van der Waals surface area contributed by atoms with Crippen molar-refractivity contribution in [1.29, 1.82) is 0 Å². The van der Waals surface area contributed by atoms with Crippen LogP contribution in [0.25, 0.3) is 10.9 Å². The van der Waals surface area contributed by atoms with Crippen molar-refractivity contribution >= 4 is 28.3 Å². The van der Waals surface area contributed by atoms with Crippen LogP contribution in [0.5, 0.6) is 0 Å². The van der Waals surface area contributed by atoms with Gasteiger partial charge in [-0.25, -0.2) is 4.39 Å². The van der Waals surface area contributed by atoms with Crippen molar-refractivity contribution in [3.8, 4) is 0 Å². The number of ketones is 1. The second-order valence-electron chi connectivity index (χ2n) is 4.79. The molecular weight excluding hydrogens is 289 g/mol. The molecule has 0 fully saturated rings. The van der Waals surface area contributed by atoms with Crippen LogP contribution in [0.3, 0.4) is 0 Å². The highest BCUT2D eigenvalue weighted by molar-refractivity contribution is 6.35. The van der Waals surface area contributed by atoms with Crippen LogP contribution in [-0.4, -0.2) is 10.8 Å². The lowest BCUT2D eigenvalue weighted by Crippen LogP contribution is -2.03. The summed E-state index contributed by atoms with van der Waals surface area (Å²) in [5, 5.41) is 0.712. The first kappa shape index (κ1) is 13.7. The zero-order valence-electron chi connectivity index (χ0n) is 11.2. The average molecular weight is 300 g/mol. The van der Waals surface area contributed by atoms with Crippen molar-refractivity contribution in [1.82, 2.24) is 4.98 Å². The summed E-state index contributed by atoms with van der Waals surface area (Å²) in [6.07, 6.45) is 0. The fourth-order valence-electron chi connectivity index (χ4n) is 2.20. The quantitative estimate of drug-likeness (QED) is 0.649. The van der Waals surface area contributed by atoms with Gasteiger partial charge in [-0.15, -0.1) is 0 Å². The molecule has 21 heavy (non-hydrogen) atoms. The van der Waals surface area contributed by atoms with Gasteiger partial charge in [-0.2, -0.15) is 0 Å². The molecule has 104 valence electrons. The lowest BCUT2D eigenvalue weighted by molar-refractivity contribution is 0.103. The Labute approximate surface area is 126 Å². The summed E-state index contributed by atoms with van der Waals surface area (Å²) in [7, 11) is 0. The van der Waals surface area contributed by atoms with Crippen molar-refractivity contribution in [2.45, 2.75) is 6.92 Å². The number of hydrogen-bond acceptors (Lipinski definition) is 2. The third-order valence-electron chi connectivity index (χ3n) is 3.29. The lowest BCUT2D eigenvalue weighted by atomic mass is 10.0. The minimum Gasteiger partial charge on any atom is -0.289 e. The molecule has 0 aliphatic carbocycles. The van der Waals surface area contributed by atoms with Gasteiger partial charge in [-0.05, 0) is 43.3 Å². The average Bonchev–Trinajstić information content (AvgIpc) is 2.49. The number of hydrogen-bond donors (Lipinski definition) is 0. The van der Waals surface area contributed by atoms with E-state index in [2.05, 4.69) is 4.98 Å². The molecule has 0 amide bonds. The molecule has 0 atom stereocenters. The molecule has 0 aliphatic rings. The predicted molar refractivity (Wildman–Crippen MR) is 81.3 cm³/mol. The van der Waals surface area contributed by atoms with Crippen LogP contribution >= 0.6 is 11.6 Å². The maximum absolute atomic E-state index is 13.5. The summed E-state index contributed by atoms with van der Waals surface area (Å²) < 4.78 is 13.5. The number of pyridine rings is 1. The largest absolute Gasteiger partial charge is 0.289 e. The molecule has 4 heteroatoms. The SMILES string of the molecule is Cc1ccc2cc(C(=O)c3cccc(F)c3Cl)ccc2n1. The van der Waals surface area contributed by atoms with Crippen LogP contribution in [0.4, 0.5) is 4.39 Å². The summed E-state index contributed by atoms with van der Waals surface area (Å²) in [5.74, 6) is -0.900. The van der Waals surface area contributed by atoms with Crippen molar-refractivity contribution in [3.05, 3.63) is 76.2 Å². The molecule has 3 rings (SSSR count). The summed E-state index contributed by atoms with van der Waals surface area (Å²) >= 11 is 5.87. The van der Waals surface area contributed by atoms with E-state index in [-0.39, 0.29) is 16.4 Å². The maximum atomic E-state index is 13.5. The summed E-state index contributed by atoms with van der Waals surface area (Å²) in [5.41, 5.74) is 2.35. The van der Waals surface area contributed by atoms with Crippen molar-refractivity contribution in [2.24, 2.45) is 0 Å². The molecule has 2 aromatic carbocycles.